The van der Waals surface area contributed by atoms with Crippen LogP contribution >= 0.6 is 0 Å². The van der Waals surface area contributed by atoms with Crippen LogP contribution in [0.25, 0.3) is 10.9 Å². The summed E-state index contributed by atoms with van der Waals surface area (Å²) in [6.07, 6.45) is 4.16. The third kappa shape index (κ3) is 6.93. The lowest BCUT2D eigenvalue weighted by Gasteiger charge is -2.24. The lowest BCUT2D eigenvalue weighted by Crippen LogP contribution is -2.50. The van der Waals surface area contributed by atoms with Gasteiger partial charge in [-0.3, -0.25) is 14.4 Å². The van der Waals surface area contributed by atoms with Crippen molar-refractivity contribution in [1.82, 2.24) is 15.2 Å². The first-order valence-electron chi connectivity index (χ1n) is 11.7. The molecule has 1 aliphatic heterocycles. The number of rotatable bonds is 6. The zero-order valence-electron chi connectivity index (χ0n) is 20.3. The van der Waals surface area contributed by atoms with Crippen LogP contribution in [0.5, 0.6) is 0 Å². The van der Waals surface area contributed by atoms with Crippen molar-refractivity contribution in [2.75, 3.05) is 19.8 Å². The summed E-state index contributed by atoms with van der Waals surface area (Å²) in [4.78, 5) is 38.5. The average molecular weight is 470 g/mol. The monoisotopic (exact) mass is 469 g/mol. The van der Waals surface area contributed by atoms with Gasteiger partial charge in [-0.25, -0.2) is 0 Å². The van der Waals surface area contributed by atoms with Crippen LogP contribution < -0.4 is 10.6 Å². The van der Waals surface area contributed by atoms with Gasteiger partial charge in [-0.2, -0.15) is 0 Å². The van der Waals surface area contributed by atoms with E-state index in [9.17, 15) is 14.4 Å². The average Bonchev–Trinajstić information content (AvgIpc) is 3.11. The van der Waals surface area contributed by atoms with Gasteiger partial charge in [0, 0.05) is 36.6 Å². The van der Waals surface area contributed by atoms with E-state index in [1.807, 2.05) is 30.5 Å². The Morgan fingerprint density at radius 2 is 2.09 bits per heavy atom. The number of nitrogens with zero attached hydrogens (tertiary/aromatic N) is 1. The Balaban J connectivity index is 1.83. The summed E-state index contributed by atoms with van der Waals surface area (Å²) in [7, 11) is 0. The molecule has 184 valence electrons. The number of carbonyl (C=O) groups excluding carboxylic acids is 3. The minimum Gasteiger partial charge on any atom is -0.460 e. The predicted octanol–water partition coefficient (Wildman–Crippen LogP) is 2.74. The van der Waals surface area contributed by atoms with Crippen molar-refractivity contribution in [2.24, 2.45) is 5.92 Å². The van der Waals surface area contributed by atoms with Gasteiger partial charge in [-0.05, 0) is 38.8 Å². The highest BCUT2D eigenvalue weighted by atomic mass is 16.6. The van der Waals surface area contributed by atoms with Gasteiger partial charge in [0.1, 0.15) is 11.6 Å². The summed E-state index contributed by atoms with van der Waals surface area (Å²) >= 11 is 0. The quantitative estimate of drug-likeness (QED) is 0.501. The Morgan fingerprint density at radius 1 is 1.32 bits per heavy atom. The van der Waals surface area contributed by atoms with Crippen molar-refractivity contribution in [2.45, 2.75) is 58.2 Å². The maximum atomic E-state index is 13.2. The van der Waals surface area contributed by atoms with E-state index in [1.54, 1.807) is 26.8 Å². The SMILES string of the molecule is C=CC[C@H](CC(=O)OC(C)(C)C)C(=O)N[C@H]1Cc2cn(c3ccccc23)CCOCCNC1=O. The number of allylic oxidation sites excluding steroid dienone is 1. The fraction of sp³-hybridized carbons (Fsp3) is 0.500. The van der Waals surface area contributed by atoms with Gasteiger partial charge in [0.2, 0.25) is 11.8 Å². The van der Waals surface area contributed by atoms with E-state index in [0.717, 1.165) is 16.5 Å². The Bertz CT molecular complexity index is 1040. The van der Waals surface area contributed by atoms with Crippen LogP contribution in [0, 0.1) is 5.92 Å². The molecule has 34 heavy (non-hydrogen) atoms. The molecule has 1 aliphatic rings. The first kappa shape index (κ1) is 25.5. The first-order valence-corrected chi connectivity index (χ1v) is 11.7. The molecule has 2 heterocycles. The van der Waals surface area contributed by atoms with Crippen LogP contribution in [0.3, 0.4) is 0 Å². The molecule has 0 unspecified atom stereocenters. The van der Waals surface area contributed by atoms with Crippen molar-refractivity contribution in [3.8, 4) is 0 Å². The number of esters is 1. The zero-order valence-corrected chi connectivity index (χ0v) is 20.3. The Hall–Kier alpha value is -3.13. The van der Waals surface area contributed by atoms with Crippen LogP contribution in [0.4, 0.5) is 0 Å². The number of para-hydroxylation sites is 1. The molecule has 0 fully saturated rings. The molecule has 2 amide bonds. The second-order valence-corrected chi connectivity index (χ2v) is 9.55. The molecular formula is C26H35N3O5. The number of aromatic nitrogens is 1. The molecule has 8 heteroatoms. The number of hydrogen-bond donors (Lipinski definition) is 2. The van der Waals surface area contributed by atoms with E-state index in [-0.39, 0.29) is 18.2 Å². The number of fused-ring (bicyclic) bond motifs is 5. The molecule has 0 spiro atoms. The molecule has 1 aromatic carbocycles. The van der Waals surface area contributed by atoms with Gasteiger partial charge in [-0.1, -0.05) is 24.3 Å². The summed E-state index contributed by atoms with van der Waals surface area (Å²) in [5.41, 5.74) is 1.38. The molecule has 2 aromatic rings. The summed E-state index contributed by atoms with van der Waals surface area (Å²) in [5, 5.41) is 6.76. The Labute approximate surface area is 200 Å². The highest BCUT2D eigenvalue weighted by Crippen LogP contribution is 2.23. The molecule has 2 atom stereocenters. The number of benzene rings is 1. The fourth-order valence-electron chi connectivity index (χ4n) is 4.09. The van der Waals surface area contributed by atoms with Crippen LogP contribution in [0.15, 0.2) is 43.1 Å². The van der Waals surface area contributed by atoms with Crippen LogP contribution in [-0.4, -0.2) is 53.8 Å². The van der Waals surface area contributed by atoms with Crippen LogP contribution in [-0.2, 0) is 36.8 Å². The molecule has 3 rings (SSSR count). The minimum atomic E-state index is -0.794. The van der Waals surface area contributed by atoms with Crippen molar-refractivity contribution < 1.29 is 23.9 Å². The topological polar surface area (TPSA) is 98.7 Å². The first-order chi connectivity index (χ1) is 16.2. The predicted molar refractivity (Wildman–Crippen MR) is 130 cm³/mol. The summed E-state index contributed by atoms with van der Waals surface area (Å²) in [6.45, 7) is 11.0. The van der Waals surface area contributed by atoms with Gasteiger partial charge in [0.25, 0.3) is 0 Å². The normalized spacial score (nSPS) is 18.2. The molecule has 0 radical (unpaired) electrons. The molecule has 0 aliphatic carbocycles. The highest BCUT2D eigenvalue weighted by Gasteiger charge is 2.29. The largest absolute Gasteiger partial charge is 0.460 e. The van der Waals surface area contributed by atoms with Gasteiger partial charge >= 0.3 is 5.97 Å². The number of hydrogen-bond acceptors (Lipinski definition) is 5. The van der Waals surface area contributed by atoms with Crippen molar-refractivity contribution in [3.05, 3.63) is 48.7 Å². The highest BCUT2D eigenvalue weighted by molar-refractivity contribution is 5.91. The molecule has 1 aromatic heterocycles. The maximum absolute atomic E-state index is 13.2. The molecule has 0 saturated heterocycles. The number of ether oxygens (including phenoxy) is 2. The van der Waals surface area contributed by atoms with Crippen molar-refractivity contribution >= 4 is 28.7 Å². The number of carbonyl (C=O) groups is 3. The van der Waals surface area contributed by atoms with Crippen molar-refractivity contribution in [1.29, 1.82) is 0 Å². The van der Waals surface area contributed by atoms with Gasteiger partial charge in [0.05, 0.1) is 25.6 Å². The molecule has 2 bridgehead atoms. The minimum absolute atomic E-state index is 0.0867. The Morgan fingerprint density at radius 3 is 2.82 bits per heavy atom. The van der Waals surface area contributed by atoms with Gasteiger partial charge < -0.3 is 24.7 Å². The van der Waals surface area contributed by atoms with Crippen molar-refractivity contribution in [3.63, 3.8) is 0 Å². The van der Waals surface area contributed by atoms with E-state index in [0.29, 0.717) is 39.1 Å². The molecule has 0 saturated carbocycles. The van der Waals surface area contributed by atoms with E-state index in [1.165, 1.54) is 0 Å². The zero-order chi connectivity index (χ0) is 24.7. The van der Waals surface area contributed by atoms with E-state index in [4.69, 9.17) is 9.47 Å². The number of amides is 2. The summed E-state index contributed by atoms with van der Waals surface area (Å²) in [6, 6.07) is 7.19. The number of nitrogens with one attached hydrogen (secondary N) is 2. The second-order valence-electron chi connectivity index (χ2n) is 9.55. The molecule has 2 N–H and O–H groups in total. The third-order valence-corrected chi connectivity index (χ3v) is 5.61. The fourth-order valence-corrected chi connectivity index (χ4v) is 4.09. The van der Waals surface area contributed by atoms with Gasteiger partial charge in [0.15, 0.2) is 0 Å². The van der Waals surface area contributed by atoms with Crippen LogP contribution in [0.2, 0.25) is 0 Å². The van der Waals surface area contributed by atoms with Crippen LogP contribution in [0.1, 0.15) is 39.2 Å². The molecule has 8 nitrogen and oxygen atoms in total. The smallest absolute Gasteiger partial charge is 0.307 e. The summed E-state index contributed by atoms with van der Waals surface area (Å²) in [5.74, 6) is -1.80. The second kappa shape index (κ2) is 11.3. The lowest BCUT2D eigenvalue weighted by atomic mass is 9.98. The maximum Gasteiger partial charge on any atom is 0.307 e. The Kier molecular flexibility index (Phi) is 8.50. The van der Waals surface area contributed by atoms with E-state index >= 15 is 0 Å². The van der Waals surface area contributed by atoms with E-state index in [2.05, 4.69) is 21.8 Å². The third-order valence-electron chi connectivity index (χ3n) is 5.61. The van der Waals surface area contributed by atoms with Gasteiger partial charge in [-0.15, -0.1) is 6.58 Å². The standard InChI is InChI=1S/C26H35N3O5/c1-5-8-18(16-23(30)34-26(2,3)4)24(31)28-21-15-19-17-29(22-10-7-6-9-20(19)22)12-14-33-13-11-27-25(21)32/h5-7,9-10,17-18,21H,1,8,11-16H2,2-4H3,(H,27,32)(H,28,31)/t18-,21+/m1/s1. The summed E-state index contributed by atoms with van der Waals surface area (Å²) < 4.78 is 13.2. The van der Waals surface area contributed by atoms with E-state index < -0.39 is 23.5 Å². The lowest BCUT2D eigenvalue weighted by molar-refractivity contribution is -0.157. The molecular weight excluding hydrogens is 434 g/mol.